The van der Waals surface area contributed by atoms with E-state index in [1.165, 1.54) is 44.9 Å². The number of hydrogen-bond donors (Lipinski definition) is 1. The third-order valence-electron chi connectivity index (χ3n) is 5.57. The molecule has 3 heteroatoms. The maximum Gasteiger partial charge on any atom is 0.239 e. The number of amides is 1. The molecule has 4 unspecified atom stereocenters. The first-order valence-electron chi connectivity index (χ1n) is 8.32. The largest absolute Gasteiger partial charge is 0.341 e. The van der Waals surface area contributed by atoms with Gasteiger partial charge in [0.25, 0.3) is 0 Å². The summed E-state index contributed by atoms with van der Waals surface area (Å²) < 4.78 is 0. The van der Waals surface area contributed by atoms with Crippen molar-refractivity contribution in [3.63, 3.8) is 0 Å². The van der Waals surface area contributed by atoms with E-state index in [0.717, 1.165) is 31.3 Å². The third kappa shape index (κ3) is 2.81. The van der Waals surface area contributed by atoms with Crippen LogP contribution in [0.25, 0.3) is 0 Å². The highest BCUT2D eigenvalue weighted by Gasteiger charge is 2.40. The van der Waals surface area contributed by atoms with Crippen molar-refractivity contribution in [3.8, 4) is 0 Å². The Balaban J connectivity index is 1.58. The lowest BCUT2D eigenvalue weighted by atomic mass is 9.85. The Morgan fingerprint density at radius 3 is 2.84 bits per heavy atom. The molecule has 19 heavy (non-hydrogen) atoms. The minimum absolute atomic E-state index is 0.128. The second kappa shape index (κ2) is 5.82. The quantitative estimate of drug-likeness (QED) is 0.831. The normalized spacial score (nSPS) is 39.1. The minimum atomic E-state index is 0.128. The van der Waals surface area contributed by atoms with E-state index in [0.29, 0.717) is 11.9 Å². The van der Waals surface area contributed by atoms with Crippen LogP contribution in [0.1, 0.15) is 58.3 Å². The first-order valence-corrected chi connectivity index (χ1v) is 8.32. The summed E-state index contributed by atoms with van der Waals surface area (Å²) in [6.07, 6.45) is 10.1. The predicted octanol–water partition coefficient (Wildman–Crippen LogP) is 2.56. The number of carbonyl (C=O) groups excluding carboxylic acids is 1. The monoisotopic (exact) mass is 264 g/mol. The molecule has 0 radical (unpaired) electrons. The average Bonchev–Trinajstić information content (AvgIpc) is 2.90. The van der Waals surface area contributed by atoms with Crippen molar-refractivity contribution >= 4 is 5.91 Å². The lowest BCUT2D eigenvalue weighted by Crippen LogP contribution is -2.48. The first-order chi connectivity index (χ1) is 9.28. The number of nitrogens with one attached hydrogen (secondary N) is 1. The number of nitrogens with zero attached hydrogens (tertiary/aromatic N) is 1. The zero-order valence-corrected chi connectivity index (χ0v) is 12.2. The molecule has 3 fully saturated rings. The van der Waals surface area contributed by atoms with Gasteiger partial charge < -0.3 is 10.2 Å². The molecule has 0 bridgehead atoms. The van der Waals surface area contributed by atoms with Gasteiger partial charge >= 0.3 is 0 Å². The number of likely N-dealkylation sites (tertiary alicyclic amines) is 1. The average molecular weight is 264 g/mol. The highest BCUT2D eigenvalue weighted by molar-refractivity contribution is 5.82. The highest BCUT2D eigenvalue weighted by Crippen LogP contribution is 2.34. The molecule has 3 rings (SSSR count). The smallest absolute Gasteiger partial charge is 0.239 e. The fourth-order valence-electron chi connectivity index (χ4n) is 4.33. The summed E-state index contributed by atoms with van der Waals surface area (Å²) in [7, 11) is 0. The van der Waals surface area contributed by atoms with Gasteiger partial charge in [0.2, 0.25) is 5.91 Å². The maximum atomic E-state index is 12.7. The lowest BCUT2D eigenvalue weighted by molar-refractivity contribution is -0.135. The summed E-state index contributed by atoms with van der Waals surface area (Å²) >= 11 is 0. The Kier molecular flexibility index (Phi) is 4.11. The van der Waals surface area contributed by atoms with Crippen LogP contribution in [-0.4, -0.2) is 36.0 Å². The molecular formula is C16H28N2O. The van der Waals surface area contributed by atoms with Gasteiger partial charge in [-0.3, -0.25) is 4.79 Å². The molecule has 3 aliphatic rings. The molecule has 1 saturated carbocycles. The minimum Gasteiger partial charge on any atom is -0.341 e. The molecule has 0 aromatic carbocycles. The van der Waals surface area contributed by atoms with E-state index in [1.807, 2.05) is 0 Å². The van der Waals surface area contributed by atoms with Gasteiger partial charge in [-0.15, -0.1) is 0 Å². The van der Waals surface area contributed by atoms with Crippen molar-refractivity contribution in [1.82, 2.24) is 10.2 Å². The van der Waals surface area contributed by atoms with Crippen molar-refractivity contribution in [2.24, 2.45) is 11.8 Å². The molecule has 2 heterocycles. The van der Waals surface area contributed by atoms with Crippen LogP contribution in [0.2, 0.25) is 0 Å². The van der Waals surface area contributed by atoms with Crippen molar-refractivity contribution in [1.29, 1.82) is 0 Å². The Labute approximate surface area is 117 Å². The lowest BCUT2D eigenvalue weighted by Gasteiger charge is -2.34. The Morgan fingerprint density at radius 2 is 2.05 bits per heavy atom. The SMILES string of the molecule is CCC1CCCN(C(=O)C2CC3CCCCC3N2)C1. The molecule has 4 atom stereocenters. The van der Waals surface area contributed by atoms with Crippen LogP contribution in [-0.2, 0) is 4.79 Å². The molecule has 108 valence electrons. The van der Waals surface area contributed by atoms with Crippen LogP contribution in [0.3, 0.4) is 0 Å². The van der Waals surface area contributed by atoms with Gasteiger partial charge in [0.05, 0.1) is 6.04 Å². The second-order valence-electron chi connectivity index (χ2n) is 6.81. The van der Waals surface area contributed by atoms with Crippen LogP contribution >= 0.6 is 0 Å². The summed E-state index contributed by atoms with van der Waals surface area (Å²) in [4.78, 5) is 14.8. The fourth-order valence-corrected chi connectivity index (χ4v) is 4.33. The molecule has 2 saturated heterocycles. The van der Waals surface area contributed by atoms with E-state index in [-0.39, 0.29) is 6.04 Å². The topological polar surface area (TPSA) is 32.3 Å². The van der Waals surface area contributed by atoms with Crippen molar-refractivity contribution in [2.45, 2.75) is 70.4 Å². The molecule has 1 aliphatic carbocycles. The van der Waals surface area contributed by atoms with Crippen molar-refractivity contribution in [2.75, 3.05) is 13.1 Å². The molecular weight excluding hydrogens is 236 g/mol. The highest BCUT2D eigenvalue weighted by atomic mass is 16.2. The summed E-state index contributed by atoms with van der Waals surface area (Å²) in [5.41, 5.74) is 0. The van der Waals surface area contributed by atoms with Gasteiger partial charge in [0, 0.05) is 19.1 Å². The van der Waals surface area contributed by atoms with E-state index in [1.54, 1.807) is 0 Å². The van der Waals surface area contributed by atoms with Gasteiger partial charge in [-0.05, 0) is 43.9 Å². The van der Waals surface area contributed by atoms with Gasteiger partial charge in [-0.1, -0.05) is 26.2 Å². The maximum absolute atomic E-state index is 12.7. The van der Waals surface area contributed by atoms with Gasteiger partial charge in [0.15, 0.2) is 0 Å². The number of hydrogen-bond acceptors (Lipinski definition) is 2. The van der Waals surface area contributed by atoms with Crippen LogP contribution in [0.5, 0.6) is 0 Å². The molecule has 0 aromatic rings. The van der Waals surface area contributed by atoms with Crippen LogP contribution in [0.4, 0.5) is 0 Å². The molecule has 3 nitrogen and oxygen atoms in total. The Bertz CT molecular complexity index is 317. The zero-order chi connectivity index (χ0) is 13.2. The molecule has 0 spiro atoms. The zero-order valence-electron chi connectivity index (χ0n) is 12.2. The summed E-state index contributed by atoms with van der Waals surface area (Å²) in [6, 6.07) is 0.762. The van der Waals surface area contributed by atoms with Gasteiger partial charge in [-0.25, -0.2) is 0 Å². The molecule has 1 amide bonds. The van der Waals surface area contributed by atoms with Crippen LogP contribution < -0.4 is 5.32 Å². The first kappa shape index (κ1) is 13.4. The van der Waals surface area contributed by atoms with E-state index in [4.69, 9.17) is 0 Å². The van der Waals surface area contributed by atoms with Crippen LogP contribution in [0.15, 0.2) is 0 Å². The summed E-state index contributed by atoms with van der Waals surface area (Å²) in [6.45, 7) is 4.24. The van der Waals surface area contributed by atoms with Crippen LogP contribution in [0, 0.1) is 11.8 Å². The third-order valence-corrected chi connectivity index (χ3v) is 5.57. The van der Waals surface area contributed by atoms with E-state index in [9.17, 15) is 4.79 Å². The molecule has 0 aromatic heterocycles. The van der Waals surface area contributed by atoms with Gasteiger partial charge in [-0.2, -0.15) is 0 Å². The number of carbonyl (C=O) groups is 1. The fraction of sp³-hybridized carbons (Fsp3) is 0.938. The summed E-state index contributed by atoms with van der Waals surface area (Å²) in [5, 5.41) is 3.63. The van der Waals surface area contributed by atoms with E-state index >= 15 is 0 Å². The standard InChI is InChI=1S/C16H28N2O/c1-2-12-6-5-9-18(11-12)16(19)15-10-13-7-3-4-8-14(13)17-15/h12-15,17H,2-11H2,1H3. The van der Waals surface area contributed by atoms with Gasteiger partial charge in [0.1, 0.15) is 0 Å². The molecule has 2 aliphatic heterocycles. The van der Waals surface area contributed by atoms with Crippen molar-refractivity contribution in [3.05, 3.63) is 0 Å². The van der Waals surface area contributed by atoms with E-state index < -0.39 is 0 Å². The number of rotatable bonds is 2. The number of fused-ring (bicyclic) bond motifs is 1. The van der Waals surface area contributed by atoms with E-state index in [2.05, 4.69) is 17.1 Å². The Hall–Kier alpha value is -0.570. The second-order valence-corrected chi connectivity index (χ2v) is 6.81. The van der Waals surface area contributed by atoms with Crippen molar-refractivity contribution < 1.29 is 4.79 Å². The molecule has 1 N–H and O–H groups in total. The number of piperidine rings is 1. The predicted molar refractivity (Wildman–Crippen MR) is 76.9 cm³/mol. The Morgan fingerprint density at radius 1 is 1.21 bits per heavy atom. The summed E-state index contributed by atoms with van der Waals surface area (Å²) in [5.74, 6) is 1.91.